The number of anilines is 1. The molecule has 0 fully saturated rings. The van der Waals surface area contributed by atoms with E-state index < -0.39 is 0 Å². The Hall–Kier alpha value is -1.95. The Morgan fingerprint density at radius 1 is 1.38 bits per heavy atom. The van der Waals surface area contributed by atoms with Gasteiger partial charge in [-0.25, -0.2) is 4.98 Å². The van der Waals surface area contributed by atoms with Gasteiger partial charge in [-0.15, -0.1) is 11.3 Å². The summed E-state index contributed by atoms with van der Waals surface area (Å²) in [5, 5.41) is 2.99. The number of rotatable bonds is 7. The molecule has 0 aromatic carbocycles. The molecular weight excluding hydrogens is 286 g/mol. The molecule has 0 N–H and O–H groups in total. The van der Waals surface area contributed by atoms with Crippen molar-refractivity contribution < 1.29 is 9.53 Å². The molecule has 2 heterocycles. The van der Waals surface area contributed by atoms with Gasteiger partial charge in [-0.05, 0) is 24.6 Å². The fraction of sp³-hybridized carbons (Fsp3) is 0.400. The smallest absolute Gasteiger partial charge is 0.305 e. The Morgan fingerprint density at radius 3 is 2.81 bits per heavy atom. The topological polar surface area (TPSA) is 55.3 Å². The quantitative estimate of drug-likeness (QED) is 0.736. The number of hydrogen-bond acceptors (Lipinski definition) is 6. The molecular formula is C15H19N3O2S. The highest BCUT2D eigenvalue weighted by atomic mass is 32.1. The second-order valence-electron chi connectivity index (χ2n) is 4.57. The molecule has 0 saturated carbocycles. The van der Waals surface area contributed by atoms with Crippen molar-refractivity contribution in [3.8, 4) is 0 Å². The van der Waals surface area contributed by atoms with Crippen molar-refractivity contribution in [3.63, 3.8) is 0 Å². The van der Waals surface area contributed by atoms with E-state index in [9.17, 15) is 4.79 Å². The van der Waals surface area contributed by atoms with Crippen LogP contribution in [0.3, 0.4) is 0 Å². The minimum atomic E-state index is -0.200. The van der Waals surface area contributed by atoms with E-state index in [1.807, 2.05) is 17.5 Å². The third-order valence-electron chi connectivity index (χ3n) is 3.13. The molecule has 2 rings (SSSR count). The van der Waals surface area contributed by atoms with Gasteiger partial charge in [-0.3, -0.25) is 9.78 Å². The first-order chi connectivity index (χ1) is 10.2. The van der Waals surface area contributed by atoms with Gasteiger partial charge in [0.2, 0.25) is 0 Å². The van der Waals surface area contributed by atoms with Crippen molar-refractivity contribution in [2.75, 3.05) is 18.6 Å². The summed E-state index contributed by atoms with van der Waals surface area (Å²) in [6.07, 6.45) is 4.59. The Balaban J connectivity index is 1.99. The zero-order valence-corrected chi connectivity index (χ0v) is 13.1. The van der Waals surface area contributed by atoms with Crippen LogP contribution in [0.15, 0.2) is 29.9 Å². The summed E-state index contributed by atoms with van der Waals surface area (Å²) in [4.78, 5) is 22.0. The minimum Gasteiger partial charge on any atom is -0.469 e. The van der Waals surface area contributed by atoms with Crippen LogP contribution in [0.2, 0.25) is 0 Å². The molecule has 112 valence electrons. The zero-order chi connectivity index (χ0) is 15.1. The molecule has 0 aliphatic heterocycles. The highest BCUT2D eigenvalue weighted by Gasteiger charge is 2.11. The van der Waals surface area contributed by atoms with Gasteiger partial charge < -0.3 is 9.64 Å². The van der Waals surface area contributed by atoms with Crippen LogP contribution in [0.1, 0.15) is 24.6 Å². The Bertz CT molecular complexity index is 571. The summed E-state index contributed by atoms with van der Waals surface area (Å²) >= 11 is 1.61. The van der Waals surface area contributed by atoms with Crippen LogP contribution < -0.4 is 4.90 Å². The van der Waals surface area contributed by atoms with Gasteiger partial charge in [0.15, 0.2) is 5.13 Å². The molecule has 0 bridgehead atoms. The van der Waals surface area contributed by atoms with Crippen LogP contribution in [0.4, 0.5) is 5.13 Å². The number of ether oxygens (including phenoxy) is 1. The van der Waals surface area contributed by atoms with Crippen LogP contribution in [-0.4, -0.2) is 29.6 Å². The maximum Gasteiger partial charge on any atom is 0.305 e. The molecule has 5 nitrogen and oxygen atoms in total. The average Bonchev–Trinajstić information content (AvgIpc) is 3.00. The van der Waals surface area contributed by atoms with Crippen molar-refractivity contribution >= 4 is 22.4 Å². The number of nitrogens with zero attached hydrogens (tertiary/aromatic N) is 3. The molecule has 0 atom stereocenters. The van der Waals surface area contributed by atoms with E-state index in [-0.39, 0.29) is 5.97 Å². The van der Waals surface area contributed by atoms with Crippen molar-refractivity contribution in [1.29, 1.82) is 0 Å². The monoisotopic (exact) mass is 305 g/mol. The molecule has 2 aromatic rings. The standard InChI is InChI=1S/C15H19N3O2S/c1-3-18(10-12-6-8-16-9-7-12)15-17-13(11-21-15)4-5-14(19)20-2/h6-9,11H,3-5,10H2,1-2H3. The number of pyridine rings is 1. The number of hydrogen-bond donors (Lipinski definition) is 0. The van der Waals surface area contributed by atoms with Crippen LogP contribution in [0.5, 0.6) is 0 Å². The first-order valence-electron chi connectivity index (χ1n) is 6.88. The van der Waals surface area contributed by atoms with E-state index in [0.29, 0.717) is 12.8 Å². The van der Waals surface area contributed by atoms with Crippen LogP contribution >= 0.6 is 11.3 Å². The molecule has 2 aromatic heterocycles. The molecule has 0 unspecified atom stereocenters. The lowest BCUT2D eigenvalue weighted by atomic mass is 10.2. The van der Waals surface area contributed by atoms with E-state index in [1.54, 1.807) is 23.7 Å². The number of esters is 1. The summed E-state index contributed by atoms with van der Waals surface area (Å²) in [7, 11) is 1.41. The normalized spacial score (nSPS) is 10.4. The van der Waals surface area contributed by atoms with Crippen LogP contribution in [0.25, 0.3) is 0 Å². The van der Waals surface area contributed by atoms with E-state index in [1.165, 1.54) is 12.7 Å². The van der Waals surface area contributed by atoms with Crippen molar-refractivity contribution in [1.82, 2.24) is 9.97 Å². The molecule has 21 heavy (non-hydrogen) atoms. The number of aryl methyl sites for hydroxylation is 1. The van der Waals surface area contributed by atoms with Crippen molar-refractivity contribution in [3.05, 3.63) is 41.2 Å². The fourth-order valence-corrected chi connectivity index (χ4v) is 2.84. The summed E-state index contributed by atoms with van der Waals surface area (Å²) in [5.74, 6) is -0.200. The second kappa shape index (κ2) is 7.73. The molecule has 0 amide bonds. The number of carbonyl (C=O) groups excluding carboxylic acids is 1. The highest BCUT2D eigenvalue weighted by Crippen LogP contribution is 2.23. The van der Waals surface area contributed by atoms with E-state index in [4.69, 9.17) is 0 Å². The van der Waals surface area contributed by atoms with E-state index in [2.05, 4.69) is 26.5 Å². The van der Waals surface area contributed by atoms with Gasteiger partial charge in [0.1, 0.15) is 0 Å². The van der Waals surface area contributed by atoms with Gasteiger partial charge >= 0.3 is 5.97 Å². The lowest BCUT2D eigenvalue weighted by molar-refractivity contribution is -0.140. The van der Waals surface area contributed by atoms with Crippen molar-refractivity contribution in [2.45, 2.75) is 26.3 Å². The van der Waals surface area contributed by atoms with Crippen LogP contribution in [-0.2, 0) is 22.5 Å². The van der Waals surface area contributed by atoms with Crippen molar-refractivity contribution in [2.24, 2.45) is 0 Å². The summed E-state index contributed by atoms with van der Waals surface area (Å²) in [6.45, 7) is 3.80. The highest BCUT2D eigenvalue weighted by molar-refractivity contribution is 7.13. The number of aromatic nitrogens is 2. The average molecular weight is 305 g/mol. The predicted molar refractivity (Wildman–Crippen MR) is 83.4 cm³/mol. The molecule has 0 radical (unpaired) electrons. The Labute approximate surface area is 128 Å². The second-order valence-corrected chi connectivity index (χ2v) is 5.40. The number of carbonyl (C=O) groups is 1. The van der Waals surface area contributed by atoms with Gasteiger partial charge in [0.25, 0.3) is 0 Å². The minimum absolute atomic E-state index is 0.200. The number of methoxy groups -OCH3 is 1. The SMILES string of the molecule is CCN(Cc1ccncc1)c1nc(CCC(=O)OC)cs1. The third-order valence-corrected chi connectivity index (χ3v) is 4.08. The van der Waals surface area contributed by atoms with Gasteiger partial charge in [-0.1, -0.05) is 0 Å². The maximum absolute atomic E-state index is 11.2. The maximum atomic E-state index is 11.2. The first kappa shape index (κ1) is 15.4. The lowest BCUT2D eigenvalue weighted by Gasteiger charge is -2.19. The molecule has 0 saturated heterocycles. The van der Waals surface area contributed by atoms with Crippen LogP contribution in [0, 0.1) is 0 Å². The Kier molecular flexibility index (Phi) is 5.68. The molecule has 0 aliphatic carbocycles. The molecule has 0 aliphatic rings. The van der Waals surface area contributed by atoms with E-state index in [0.717, 1.165) is 23.9 Å². The summed E-state index contributed by atoms with van der Waals surface area (Å²) in [6, 6.07) is 4.02. The number of thiazole rings is 1. The third kappa shape index (κ3) is 4.53. The zero-order valence-electron chi connectivity index (χ0n) is 12.3. The van der Waals surface area contributed by atoms with E-state index >= 15 is 0 Å². The summed E-state index contributed by atoms with van der Waals surface area (Å²) < 4.78 is 4.65. The lowest BCUT2D eigenvalue weighted by Crippen LogP contribution is -2.21. The fourth-order valence-electron chi connectivity index (χ4n) is 1.91. The molecule has 0 spiro atoms. The first-order valence-corrected chi connectivity index (χ1v) is 7.76. The van der Waals surface area contributed by atoms with Gasteiger partial charge in [0.05, 0.1) is 19.2 Å². The summed E-state index contributed by atoms with van der Waals surface area (Å²) in [5.41, 5.74) is 2.15. The molecule has 6 heteroatoms. The largest absolute Gasteiger partial charge is 0.469 e. The van der Waals surface area contributed by atoms with Gasteiger partial charge in [0, 0.05) is 37.3 Å². The van der Waals surface area contributed by atoms with Gasteiger partial charge in [-0.2, -0.15) is 0 Å². The Morgan fingerprint density at radius 2 is 2.14 bits per heavy atom. The predicted octanol–water partition coefficient (Wildman–Crippen LogP) is 2.67.